The summed E-state index contributed by atoms with van der Waals surface area (Å²) in [5, 5.41) is 11.8. The molecule has 1 aliphatic heterocycles. The second-order valence-corrected chi connectivity index (χ2v) is 9.09. The standard InChI is InChI=1S/C20H27N5O2S/c1-14-13-16(22-19(27)20(2,3)4)28-17(14)18(26)25-10-6-9-24(11-12-25)15-7-5-8-21-23-15/h5,7-8,13H,6,9-12H2,1-4H3,(H,22,27). The van der Waals surface area contributed by atoms with Crippen molar-refractivity contribution in [1.29, 1.82) is 0 Å². The molecular formula is C20H27N5O2S. The number of rotatable bonds is 3. The zero-order valence-corrected chi connectivity index (χ0v) is 17.7. The molecule has 0 atom stereocenters. The van der Waals surface area contributed by atoms with E-state index in [2.05, 4.69) is 20.4 Å². The Bertz CT molecular complexity index is 844. The molecule has 1 saturated heterocycles. The van der Waals surface area contributed by atoms with Crippen molar-refractivity contribution in [2.75, 3.05) is 36.4 Å². The van der Waals surface area contributed by atoms with Crippen molar-refractivity contribution < 1.29 is 9.59 Å². The van der Waals surface area contributed by atoms with E-state index < -0.39 is 5.41 Å². The Morgan fingerprint density at radius 1 is 1.18 bits per heavy atom. The third-order valence-corrected chi connectivity index (χ3v) is 5.84. The third kappa shape index (κ3) is 4.67. The summed E-state index contributed by atoms with van der Waals surface area (Å²) >= 11 is 1.35. The lowest BCUT2D eigenvalue weighted by atomic mass is 9.96. The average Bonchev–Trinajstić information content (AvgIpc) is 2.87. The fraction of sp³-hybridized carbons (Fsp3) is 0.500. The van der Waals surface area contributed by atoms with Gasteiger partial charge in [-0.2, -0.15) is 5.10 Å². The molecule has 1 aliphatic rings. The van der Waals surface area contributed by atoms with Crippen molar-refractivity contribution in [3.63, 3.8) is 0 Å². The minimum absolute atomic E-state index is 0.0275. The predicted molar refractivity (Wildman–Crippen MR) is 112 cm³/mol. The molecule has 3 rings (SSSR count). The number of hydrogen-bond donors (Lipinski definition) is 1. The van der Waals surface area contributed by atoms with E-state index in [0.717, 1.165) is 35.9 Å². The molecule has 2 amide bonds. The van der Waals surface area contributed by atoms with Crippen LogP contribution in [0.2, 0.25) is 0 Å². The number of thiophene rings is 1. The lowest BCUT2D eigenvalue weighted by molar-refractivity contribution is -0.123. The number of nitrogens with zero attached hydrogens (tertiary/aromatic N) is 4. The highest BCUT2D eigenvalue weighted by Gasteiger charge is 2.26. The van der Waals surface area contributed by atoms with Crippen molar-refractivity contribution >= 4 is 34.0 Å². The van der Waals surface area contributed by atoms with Crippen molar-refractivity contribution in [2.45, 2.75) is 34.1 Å². The van der Waals surface area contributed by atoms with Crippen LogP contribution in [0, 0.1) is 12.3 Å². The number of aromatic nitrogens is 2. The lowest BCUT2D eigenvalue weighted by Crippen LogP contribution is -2.35. The predicted octanol–water partition coefficient (Wildman–Crippen LogP) is 3.18. The van der Waals surface area contributed by atoms with Gasteiger partial charge < -0.3 is 15.1 Å². The summed E-state index contributed by atoms with van der Waals surface area (Å²) in [5.74, 6) is 0.818. The summed E-state index contributed by atoms with van der Waals surface area (Å²) < 4.78 is 0. The van der Waals surface area contributed by atoms with Gasteiger partial charge in [-0.25, -0.2) is 0 Å². The van der Waals surface area contributed by atoms with Crippen molar-refractivity contribution in [3.05, 3.63) is 34.8 Å². The molecule has 2 aromatic heterocycles. The van der Waals surface area contributed by atoms with Gasteiger partial charge in [0.2, 0.25) is 5.91 Å². The van der Waals surface area contributed by atoms with Crippen LogP contribution in [0.25, 0.3) is 0 Å². The molecule has 0 saturated carbocycles. The van der Waals surface area contributed by atoms with Crippen LogP contribution < -0.4 is 10.2 Å². The van der Waals surface area contributed by atoms with Crippen LogP contribution in [0.4, 0.5) is 10.8 Å². The lowest BCUT2D eigenvalue weighted by Gasteiger charge is -2.22. The second kappa shape index (κ2) is 8.26. The molecule has 1 N–H and O–H groups in total. The maximum Gasteiger partial charge on any atom is 0.264 e. The minimum Gasteiger partial charge on any atom is -0.353 e. The smallest absolute Gasteiger partial charge is 0.264 e. The summed E-state index contributed by atoms with van der Waals surface area (Å²) in [7, 11) is 0. The van der Waals surface area contributed by atoms with Gasteiger partial charge in [-0.3, -0.25) is 9.59 Å². The highest BCUT2D eigenvalue weighted by atomic mass is 32.1. The normalized spacial score (nSPS) is 15.3. The van der Waals surface area contributed by atoms with E-state index in [0.29, 0.717) is 18.0 Å². The molecule has 0 bridgehead atoms. The van der Waals surface area contributed by atoms with Crippen LogP contribution in [-0.2, 0) is 4.79 Å². The maximum absolute atomic E-state index is 13.1. The van der Waals surface area contributed by atoms with Gasteiger partial charge in [-0.1, -0.05) is 20.8 Å². The van der Waals surface area contributed by atoms with E-state index in [1.807, 2.05) is 50.8 Å². The van der Waals surface area contributed by atoms with E-state index in [-0.39, 0.29) is 11.8 Å². The first-order chi connectivity index (χ1) is 13.3. The van der Waals surface area contributed by atoms with Crippen LogP contribution in [0.5, 0.6) is 0 Å². The first-order valence-corrected chi connectivity index (χ1v) is 10.3. The molecular weight excluding hydrogens is 374 g/mol. The fourth-order valence-electron chi connectivity index (χ4n) is 3.01. The quantitative estimate of drug-likeness (QED) is 0.855. The Morgan fingerprint density at radius 2 is 1.96 bits per heavy atom. The molecule has 2 aromatic rings. The SMILES string of the molecule is Cc1cc(NC(=O)C(C)(C)C)sc1C(=O)N1CCCN(c2cccnn2)CC1. The van der Waals surface area contributed by atoms with Crippen molar-refractivity contribution in [1.82, 2.24) is 15.1 Å². The Balaban J connectivity index is 1.68. The molecule has 0 aromatic carbocycles. The first kappa shape index (κ1) is 20.3. The van der Waals surface area contributed by atoms with E-state index in [1.165, 1.54) is 11.3 Å². The Hall–Kier alpha value is -2.48. The van der Waals surface area contributed by atoms with Gasteiger partial charge in [-0.05, 0) is 37.1 Å². The molecule has 8 heteroatoms. The molecule has 3 heterocycles. The highest BCUT2D eigenvalue weighted by molar-refractivity contribution is 7.18. The fourth-order valence-corrected chi connectivity index (χ4v) is 4.05. The summed E-state index contributed by atoms with van der Waals surface area (Å²) in [6.07, 6.45) is 2.53. The number of hydrogen-bond acceptors (Lipinski definition) is 6. The molecule has 1 fully saturated rings. The minimum atomic E-state index is -0.476. The highest BCUT2D eigenvalue weighted by Crippen LogP contribution is 2.30. The van der Waals surface area contributed by atoms with E-state index in [1.54, 1.807) is 6.20 Å². The maximum atomic E-state index is 13.1. The average molecular weight is 402 g/mol. The van der Waals surface area contributed by atoms with Gasteiger partial charge in [0.1, 0.15) is 0 Å². The molecule has 28 heavy (non-hydrogen) atoms. The number of amides is 2. The number of anilines is 2. The molecule has 0 unspecified atom stereocenters. The van der Waals surface area contributed by atoms with Crippen molar-refractivity contribution in [3.8, 4) is 0 Å². The zero-order valence-electron chi connectivity index (χ0n) is 16.9. The monoisotopic (exact) mass is 401 g/mol. The van der Waals surface area contributed by atoms with Crippen LogP contribution in [-0.4, -0.2) is 53.1 Å². The van der Waals surface area contributed by atoms with Gasteiger partial charge in [0.15, 0.2) is 5.82 Å². The topological polar surface area (TPSA) is 78.4 Å². The van der Waals surface area contributed by atoms with Gasteiger partial charge >= 0.3 is 0 Å². The zero-order chi connectivity index (χ0) is 20.3. The molecule has 150 valence electrons. The van der Waals surface area contributed by atoms with E-state index in [9.17, 15) is 9.59 Å². The van der Waals surface area contributed by atoms with Gasteiger partial charge in [0.25, 0.3) is 5.91 Å². The number of carbonyl (C=O) groups excluding carboxylic acids is 2. The first-order valence-electron chi connectivity index (χ1n) is 9.49. The van der Waals surface area contributed by atoms with E-state index >= 15 is 0 Å². The number of nitrogens with one attached hydrogen (secondary N) is 1. The van der Waals surface area contributed by atoms with Gasteiger partial charge in [-0.15, -0.1) is 16.4 Å². The van der Waals surface area contributed by atoms with Gasteiger partial charge in [0, 0.05) is 37.8 Å². The summed E-state index contributed by atoms with van der Waals surface area (Å²) in [5.41, 5.74) is 0.422. The van der Waals surface area contributed by atoms with Crippen LogP contribution in [0.3, 0.4) is 0 Å². The third-order valence-electron chi connectivity index (χ3n) is 4.70. The largest absolute Gasteiger partial charge is 0.353 e. The van der Waals surface area contributed by atoms with Crippen LogP contribution in [0.15, 0.2) is 24.4 Å². The summed E-state index contributed by atoms with van der Waals surface area (Å²) in [4.78, 5) is 30.1. The molecule has 0 aliphatic carbocycles. The Labute approximate surface area is 169 Å². The Morgan fingerprint density at radius 3 is 2.64 bits per heavy atom. The van der Waals surface area contributed by atoms with Crippen LogP contribution in [0.1, 0.15) is 42.4 Å². The van der Waals surface area contributed by atoms with E-state index in [4.69, 9.17) is 0 Å². The van der Waals surface area contributed by atoms with Gasteiger partial charge in [0.05, 0.1) is 9.88 Å². The van der Waals surface area contributed by atoms with Crippen LogP contribution >= 0.6 is 11.3 Å². The van der Waals surface area contributed by atoms with Crippen molar-refractivity contribution in [2.24, 2.45) is 5.41 Å². The molecule has 0 spiro atoms. The Kier molecular flexibility index (Phi) is 5.98. The summed E-state index contributed by atoms with van der Waals surface area (Å²) in [6, 6.07) is 5.70. The summed E-state index contributed by atoms with van der Waals surface area (Å²) in [6.45, 7) is 10.4. The number of aryl methyl sites for hydroxylation is 1. The number of carbonyl (C=O) groups is 2. The molecule has 0 radical (unpaired) electrons. The second-order valence-electron chi connectivity index (χ2n) is 8.04. The molecule has 7 nitrogen and oxygen atoms in total.